The number of hydrogen-bond donors (Lipinski definition) is 0. The third-order valence-corrected chi connectivity index (χ3v) is 4.03. The van der Waals surface area contributed by atoms with Gasteiger partial charge in [0.05, 0.1) is 0 Å². The first-order chi connectivity index (χ1) is 5.95. The lowest BCUT2D eigenvalue weighted by Crippen LogP contribution is -2.46. The number of carbonyl (C=O) groups is 2. The Hall–Kier alpha value is -0.883. The molecule has 0 rings (SSSR count). The molecule has 0 N–H and O–H groups in total. The summed E-state index contributed by atoms with van der Waals surface area (Å²) in [5.41, 5.74) is 0. The summed E-state index contributed by atoms with van der Waals surface area (Å²) >= 11 is 0. The molecular weight excluding hydrogens is 192 g/mol. The maximum Gasteiger partial charge on any atom is 0.635 e. The molecule has 0 atom stereocenters. The van der Waals surface area contributed by atoms with Gasteiger partial charge in [0, 0.05) is 27.0 Å². The van der Waals surface area contributed by atoms with Gasteiger partial charge in [-0.25, -0.2) is 0 Å². The topological polar surface area (TPSA) is 61.8 Å². The standard InChI is InChI=1S/C7H14O5Si/c1-5-13(10-4,11-6(2)8)12-7(3)9/h5H2,1-4H3. The Kier molecular flexibility index (Phi) is 4.64. The fourth-order valence-electron chi connectivity index (χ4n) is 0.831. The Morgan fingerprint density at radius 2 is 1.54 bits per heavy atom. The van der Waals surface area contributed by atoms with Gasteiger partial charge < -0.3 is 13.3 Å². The lowest BCUT2D eigenvalue weighted by molar-refractivity contribution is -0.142. The minimum Gasteiger partial charge on any atom is -0.464 e. The van der Waals surface area contributed by atoms with Crippen molar-refractivity contribution < 1.29 is 22.9 Å². The zero-order valence-corrected chi connectivity index (χ0v) is 9.25. The molecule has 0 aromatic carbocycles. The van der Waals surface area contributed by atoms with Crippen molar-refractivity contribution in [2.24, 2.45) is 0 Å². The zero-order chi connectivity index (χ0) is 10.5. The minimum atomic E-state index is -3.07. The second-order valence-corrected chi connectivity index (χ2v) is 5.32. The molecule has 0 aromatic heterocycles. The van der Waals surface area contributed by atoms with Crippen molar-refractivity contribution in [1.29, 1.82) is 0 Å². The van der Waals surface area contributed by atoms with Gasteiger partial charge in [-0.05, 0) is 0 Å². The smallest absolute Gasteiger partial charge is 0.464 e. The molecule has 0 unspecified atom stereocenters. The van der Waals surface area contributed by atoms with E-state index in [-0.39, 0.29) is 0 Å². The van der Waals surface area contributed by atoms with Crippen molar-refractivity contribution in [3.05, 3.63) is 0 Å². The third-order valence-electron chi connectivity index (χ3n) is 1.34. The van der Waals surface area contributed by atoms with E-state index in [2.05, 4.69) is 0 Å². The molecule has 0 bridgehead atoms. The van der Waals surface area contributed by atoms with Crippen molar-refractivity contribution >= 4 is 20.7 Å². The Morgan fingerprint density at radius 1 is 1.15 bits per heavy atom. The SMILES string of the molecule is CC[Si](OC)(OC(C)=O)OC(C)=O. The summed E-state index contributed by atoms with van der Waals surface area (Å²) in [6.07, 6.45) is 0. The minimum absolute atomic E-state index is 0.378. The van der Waals surface area contributed by atoms with Crippen LogP contribution in [0, 0.1) is 0 Å². The van der Waals surface area contributed by atoms with E-state index in [1.165, 1.54) is 21.0 Å². The van der Waals surface area contributed by atoms with Gasteiger partial charge >= 0.3 is 8.80 Å². The van der Waals surface area contributed by atoms with Crippen LogP contribution in [-0.4, -0.2) is 27.9 Å². The van der Waals surface area contributed by atoms with Crippen LogP contribution in [0.3, 0.4) is 0 Å². The van der Waals surface area contributed by atoms with Crippen LogP contribution in [0.25, 0.3) is 0 Å². The van der Waals surface area contributed by atoms with E-state index in [0.29, 0.717) is 6.04 Å². The highest BCUT2D eigenvalue weighted by Gasteiger charge is 2.45. The van der Waals surface area contributed by atoms with E-state index in [4.69, 9.17) is 13.3 Å². The van der Waals surface area contributed by atoms with Crippen molar-refractivity contribution in [1.82, 2.24) is 0 Å². The summed E-state index contributed by atoms with van der Waals surface area (Å²) in [5.74, 6) is -1.01. The Morgan fingerprint density at radius 3 is 1.69 bits per heavy atom. The molecule has 0 saturated carbocycles. The van der Waals surface area contributed by atoms with Gasteiger partial charge in [0.25, 0.3) is 11.9 Å². The first-order valence-electron chi connectivity index (χ1n) is 3.90. The highest BCUT2D eigenvalue weighted by Crippen LogP contribution is 2.14. The molecule has 0 saturated heterocycles. The fraction of sp³-hybridized carbons (Fsp3) is 0.714. The first-order valence-corrected chi connectivity index (χ1v) is 5.83. The van der Waals surface area contributed by atoms with E-state index in [1.54, 1.807) is 6.92 Å². The van der Waals surface area contributed by atoms with Crippen LogP contribution in [-0.2, 0) is 22.9 Å². The molecule has 0 amide bonds. The van der Waals surface area contributed by atoms with Gasteiger partial charge in [-0.3, -0.25) is 9.59 Å². The molecule has 6 heteroatoms. The van der Waals surface area contributed by atoms with Gasteiger partial charge in [-0.15, -0.1) is 0 Å². The average molecular weight is 206 g/mol. The van der Waals surface area contributed by atoms with Gasteiger partial charge in [-0.2, -0.15) is 0 Å². The van der Waals surface area contributed by atoms with Crippen LogP contribution in [0.1, 0.15) is 20.8 Å². The predicted octanol–water partition coefficient (Wildman–Crippen LogP) is 0.718. The lowest BCUT2D eigenvalue weighted by atomic mass is 10.9. The summed E-state index contributed by atoms with van der Waals surface area (Å²) in [7, 11) is -1.71. The molecule has 0 fully saturated rings. The average Bonchev–Trinajstić information content (AvgIpc) is 2.01. The summed E-state index contributed by atoms with van der Waals surface area (Å²) in [6.45, 7) is 4.24. The van der Waals surface area contributed by atoms with E-state index < -0.39 is 20.7 Å². The van der Waals surface area contributed by atoms with E-state index >= 15 is 0 Å². The van der Waals surface area contributed by atoms with Crippen LogP contribution in [0.4, 0.5) is 0 Å². The second kappa shape index (κ2) is 4.98. The number of carbonyl (C=O) groups excluding carboxylic acids is 2. The lowest BCUT2D eigenvalue weighted by Gasteiger charge is -2.24. The van der Waals surface area contributed by atoms with Gasteiger partial charge in [0.2, 0.25) is 0 Å². The van der Waals surface area contributed by atoms with E-state index in [9.17, 15) is 9.59 Å². The van der Waals surface area contributed by atoms with Crippen LogP contribution in [0.15, 0.2) is 0 Å². The van der Waals surface area contributed by atoms with Crippen LogP contribution in [0.5, 0.6) is 0 Å². The second-order valence-electron chi connectivity index (χ2n) is 2.43. The molecule has 0 heterocycles. The van der Waals surface area contributed by atoms with Gasteiger partial charge in [0.1, 0.15) is 0 Å². The maximum atomic E-state index is 10.7. The van der Waals surface area contributed by atoms with Crippen LogP contribution in [0.2, 0.25) is 6.04 Å². The summed E-state index contributed by atoms with van der Waals surface area (Å²) < 4.78 is 14.7. The molecule has 0 aromatic rings. The highest BCUT2D eigenvalue weighted by atomic mass is 28.4. The predicted molar refractivity (Wildman–Crippen MR) is 46.8 cm³/mol. The summed E-state index contributed by atoms with van der Waals surface area (Å²) in [6, 6.07) is 0.378. The Bertz CT molecular complexity index is 181. The Balaban J connectivity index is 4.48. The zero-order valence-electron chi connectivity index (χ0n) is 8.25. The summed E-state index contributed by atoms with van der Waals surface area (Å²) in [4.78, 5) is 21.4. The van der Waals surface area contributed by atoms with Gasteiger partial charge in [0.15, 0.2) is 0 Å². The fourth-order valence-corrected chi connectivity index (χ4v) is 2.49. The monoisotopic (exact) mass is 206 g/mol. The molecule has 0 spiro atoms. The molecule has 5 nitrogen and oxygen atoms in total. The molecule has 13 heavy (non-hydrogen) atoms. The van der Waals surface area contributed by atoms with Crippen molar-refractivity contribution in [3.63, 3.8) is 0 Å². The van der Waals surface area contributed by atoms with Crippen LogP contribution >= 0.6 is 0 Å². The maximum absolute atomic E-state index is 10.7. The normalized spacial score (nSPS) is 10.8. The highest BCUT2D eigenvalue weighted by molar-refractivity contribution is 6.63. The van der Waals surface area contributed by atoms with Crippen molar-refractivity contribution in [2.45, 2.75) is 26.8 Å². The number of rotatable bonds is 4. The van der Waals surface area contributed by atoms with Crippen LogP contribution < -0.4 is 0 Å². The third kappa shape index (κ3) is 4.04. The van der Waals surface area contributed by atoms with Gasteiger partial charge in [-0.1, -0.05) is 6.92 Å². The largest absolute Gasteiger partial charge is 0.635 e. The van der Waals surface area contributed by atoms with E-state index in [0.717, 1.165) is 0 Å². The van der Waals surface area contributed by atoms with E-state index in [1.807, 2.05) is 0 Å². The molecule has 0 aliphatic carbocycles. The van der Waals surface area contributed by atoms with Crippen molar-refractivity contribution in [3.8, 4) is 0 Å². The van der Waals surface area contributed by atoms with Crippen molar-refractivity contribution in [2.75, 3.05) is 7.11 Å². The molecule has 0 radical (unpaired) electrons. The first kappa shape index (κ1) is 12.1. The molecule has 0 aliphatic heterocycles. The molecule has 76 valence electrons. The molecular formula is C7H14O5Si. The Labute approximate surface area is 78.3 Å². The molecule has 0 aliphatic rings. The summed E-state index contributed by atoms with van der Waals surface area (Å²) in [5, 5.41) is 0. The number of hydrogen-bond acceptors (Lipinski definition) is 5. The quantitative estimate of drug-likeness (QED) is 0.634.